The van der Waals surface area contributed by atoms with E-state index in [0.29, 0.717) is 17.1 Å². The number of halogens is 2. The number of hydrazine groups is 1. The number of hydrogen-bond acceptors (Lipinski definition) is 4. The summed E-state index contributed by atoms with van der Waals surface area (Å²) < 4.78 is 31.8. The minimum absolute atomic E-state index is 0.283. The van der Waals surface area contributed by atoms with Gasteiger partial charge in [0.05, 0.1) is 13.2 Å². The molecule has 2 aromatic carbocycles. The van der Waals surface area contributed by atoms with Crippen molar-refractivity contribution in [3.8, 4) is 5.75 Å². The van der Waals surface area contributed by atoms with Gasteiger partial charge < -0.3 is 4.74 Å². The Kier molecular flexibility index (Phi) is 5.55. The van der Waals surface area contributed by atoms with E-state index in [1.807, 2.05) is 0 Å². The van der Waals surface area contributed by atoms with Crippen LogP contribution in [0.5, 0.6) is 5.75 Å². The fraction of sp³-hybridized carbons (Fsp3) is 0.200. The number of hydrogen-bond donors (Lipinski definition) is 2. The van der Waals surface area contributed by atoms with Crippen molar-refractivity contribution in [2.24, 2.45) is 5.84 Å². The second kappa shape index (κ2) is 7.40. The van der Waals surface area contributed by atoms with Crippen molar-refractivity contribution in [3.05, 3.63) is 59.7 Å². The first kappa shape index (κ1) is 15.8. The summed E-state index contributed by atoms with van der Waals surface area (Å²) in [6, 6.07) is 10.4. The monoisotopic (exact) mass is 310 g/mol. The Morgan fingerprint density at radius 2 is 1.90 bits per heavy atom. The van der Waals surface area contributed by atoms with Crippen LogP contribution in [0, 0.1) is 11.6 Å². The van der Waals surface area contributed by atoms with Crippen LogP contribution in [0.4, 0.5) is 8.78 Å². The highest BCUT2D eigenvalue weighted by atomic mass is 32.2. The topological polar surface area (TPSA) is 47.3 Å². The molecule has 2 rings (SSSR count). The normalized spacial score (nSPS) is 12.2. The van der Waals surface area contributed by atoms with E-state index in [9.17, 15) is 8.78 Å². The van der Waals surface area contributed by atoms with Crippen LogP contribution in [0.1, 0.15) is 11.6 Å². The summed E-state index contributed by atoms with van der Waals surface area (Å²) in [4.78, 5) is 0.894. The molecule has 1 atom stereocenters. The molecule has 21 heavy (non-hydrogen) atoms. The highest BCUT2D eigenvalue weighted by molar-refractivity contribution is 7.99. The van der Waals surface area contributed by atoms with Crippen LogP contribution in [0.3, 0.4) is 0 Å². The number of ether oxygens (including phenoxy) is 1. The van der Waals surface area contributed by atoms with Gasteiger partial charge in [-0.05, 0) is 30.3 Å². The number of rotatable bonds is 6. The summed E-state index contributed by atoms with van der Waals surface area (Å²) in [5, 5.41) is 0. The number of thioether (sulfide) groups is 1. The van der Waals surface area contributed by atoms with Crippen LogP contribution in [0.2, 0.25) is 0 Å². The molecule has 0 aromatic heterocycles. The maximum Gasteiger partial charge on any atom is 0.131 e. The lowest BCUT2D eigenvalue weighted by Crippen LogP contribution is -2.30. The summed E-state index contributed by atoms with van der Waals surface area (Å²) in [6.45, 7) is 0. The molecule has 0 saturated carbocycles. The highest BCUT2D eigenvalue weighted by Crippen LogP contribution is 2.27. The Balaban J connectivity index is 2.07. The van der Waals surface area contributed by atoms with Gasteiger partial charge in [-0.2, -0.15) is 0 Å². The van der Waals surface area contributed by atoms with Gasteiger partial charge in [-0.3, -0.25) is 11.3 Å². The van der Waals surface area contributed by atoms with Gasteiger partial charge in [0, 0.05) is 22.3 Å². The average Bonchev–Trinajstić information content (AvgIpc) is 2.50. The van der Waals surface area contributed by atoms with Gasteiger partial charge in [-0.15, -0.1) is 11.8 Å². The molecular weight excluding hydrogens is 294 g/mol. The number of benzene rings is 2. The highest BCUT2D eigenvalue weighted by Gasteiger charge is 2.15. The molecule has 3 N–H and O–H groups in total. The van der Waals surface area contributed by atoms with E-state index in [1.165, 1.54) is 37.1 Å². The van der Waals surface area contributed by atoms with E-state index in [0.717, 1.165) is 4.90 Å². The molecule has 2 aromatic rings. The SMILES string of the molecule is COc1ccc(C(CSc2ccc(F)cc2)NN)c(F)c1. The number of methoxy groups -OCH3 is 1. The van der Waals surface area contributed by atoms with Crippen LogP contribution < -0.4 is 16.0 Å². The summed E-state index contributed by atoms with van der Waals surface area (Å²) in [5.41, 5.74) is 3.07. The van der Waals surface area contributed by atoms with Crippen molar-refractivity contribution >= 4 is 11.8 Å². The summed E-state index contributed by atoms with van der Waals surface area (Å²) in [6.07, 6.45) is 0. The zero-order valence-electron chi connectivity index (χ0n) is 11.5. The van der Waals surface area contributed by atoms with E-state index < -0.39 is 0 Å². The first-order valence-corrected chi connectivity index (χ1v) is 7.30. The molecule has 0 spiro atoms. The maximum absolute atomic E-state index is 14.0. The molecule has 0 aliphatic rings. The van der Waals surface area contributed by atoms with E-state index in [-0.39, 0.29) is 17.7 Å². The molecule has 1 unspecified atom stereocenters. The Bertz CT molecular complexity index is 593. The smallest absolute Gasteiger partial charge is 0.131 e. The fourth-order valence-electron chi connectivity index (χ4n) is 1.86. The number of nitrogens with one attached hydrogen (secondary N) is 1. The lowest BCUT2D eigenvalue weighted by molar-refractivity contribution is 0.409. The van der Waals surface area contributed by atoms with E-state index in [4.69, 9.17) is 10.6 Å². The average molecular weight is 310 g/mol. The first-order chi connectivity index (χ1) is 10.1. The largest absolute Gasteiger partial charge is 0.497 e. The standard InChI is InChI=1S/C15H16F2N2OS/c1-20-11-4-7-13(14(17)8-11)15(19-18)9-21-12-5-2-10(16)3-6-12/h2-8,15,19H,9,18H2,1H3. The third-order valence-electron chi connectivity index (χ3n) is 3.01. The van der Waals surface area contributed by atoms with Crippen molar-refractivity contribution in [1.82, 2.24) is 5.43 Å². The van der Waals surface area contributed by atoms with Gasteiger partial charge in [-0.1, -0.05) is 6.07 Å². The fourth-order valence-corrected chi connectivity index (χ4v) is 2.82. The van der Waals surface area contributed by atoms with Gasteiger partial charge in [0.15, 0.2) is 0 Å². The maximum atomic E-state index is 14.0. The van der Waals surface area contributed by atoms with Crippen LogP contribution in [0.25, 0.3) is 0 Å². The Morgan fingerprint density at radius 3 is 2.48 bits per heavy atom. The van der Waals surface area contributed by atoms with Gasteiger partial charge in [0.25, 0.3) is 0 Å². The van der Waals surface area contributed by atoms with Crippen molar-refractivity contribution in [1.29, 1.82) is 0 Å². The Morgan fingerprint density at radius 1 is 1.19 bits per heavy atom. The molecule has 0 fully saturated rings. The minimum atomic E-state index is -0.378. The summed E-state index contributed by atoms with van der Waals surface area (Å²) in [5.74, 6) is 5.83. The molecule has 112 valence electrons. The molecule has 0 saturated heterocycles. The Hall–Kier alpha value is -1.63. The lowest BCUT2D eigenvalue weighted by atomic mass is 10.1. The van der Waals surface area contributed by atoms with E-state index >= 15 is 0 Å². The zero-order valence-corrected chi connectivity index (χ0v) is 12.3. The minimum Gasteiger partial charge on any atom is -0.497 e. The molecule has 0 bridgehead atoms. The van der Waals surface area contributed by atoms with Gasteiger partial charge in [-0.25, -0.2) is 8.78 Å². The van der Waals surface area contributed by atoms with E-state index in [1.54, 1.807) is 24.3 Å². The quantitative estimate of drug-likeness (QED) is 0.488. The molecule has 0 heterocycles. The second-order valence-electron chi connectivity index (χ2n) is 4.37. The summed E-state index contributed by atoms with van der Waals surface area (Å²) in [7, 11) is 1.48. The van der Waals surface area contributed by atoms with Crippen molar-refractivity contribution in [2.45, 2.75) is 10.9 Å². The molecule has 0 aliphatic carbocycles. The van der Waals surface area contributed by atoms with Crippen molar-refractivity contribution < 1.29 is 13.5 Å². The summed E-state index contributed by atoms with van der Waals surface area (Å²) >= 11 is 1.47. The third-order valence-corrected chi connectivity index (χ3v) is 4.12. The van der Waals surface area contributed by atoms with Crippen LogP contribution in [-0.4, -0.2) is 12.9 Å². The molecule has 0 amide bonds. The van der Waals surface area contributed by atoms with Crippen LogP contribution in [0.15, 0.2) is 47.4 Å². The Labute approximate surface area is 126 Å². The molecule has 6 heteroatoms. The predicted octanol–water partition coefficient (Wildman–Crippen LogP) is 3.27. The molecular formula is C15H16F2N2OS. The third kappa shape index (κ3) is 4.17. The van der Waals surface area contributed by atoms with Gasteiger partial charge in [0.2, 0.25) is 0 Å². The lowest BCUT2D eigenvalue weighted by Gasteiger charge is -2.17. The zero-order chi connectivity index (χ0) is 15.2. The van der Waals surface area contributed by atoms with Crippen LogP contribution in [-0.2, 0) is 0 Å². The van der Waals surface area contributed by atoms with E-state index in [2.05, 4.69) is 5.43 Å². The first-order valence-electron chi connectivity index (χ1n) is 6.32. The van der Waals surface area contributed by atoms with Gasteiger partial charge >= 0.3 is 0 Å². The molecule has 3 nitrogen and oxygen atoms in total. The van der Waals surface area contributed by atoms with Crippen LogP contribution >= 0.6 is 11.8 Å². The van der Waals surface area contributed by atoms with Crippen molar-refractivity contribution in [3.63, 3.8) is 0 Å². The second-order valence-corrected chi connectivity index (χ2v) is 5.47. The molecule has 0 aliphatic heterocycles. The number of nitrogens with two attached hydrogens (primary N) is 1. The molecule has 0 radical (unpaired) electrons. The van der Waals surface area contributed by atoms with Crippen molar-refractivity contribution in [2.75, 3.05) is 12.9 Å². The van der Waals surface area contributed by atoms with Gasteiger partial charge in [0.1, 0.15) is 17.4 Å². The predicted molar refractivity (Wildman–Crippen MR) is 80.1 cm³/mol.